The van der Waals surface area contributed by atoms with Crippen LogP contribution in [-0.2, 0) is 9.53 Å². The largest absolute Gasteiger partial charge is 0.462 e. The number of nitrogens with zero attached hydrogens (tertiary/aromatic N) is 3. The van der Waals surface area contributed by atoms with Gasteiger partial charge < -0.3 is 14.5 Å². The number of amides is 1. The van der Waals surface area contributed by atoms with E-state index < -0.39 is 10.9 Å². The number of anilines is 1. The number of esters is 1. The first kappa shape index (κ1) is 19.7. The Balaban J connectivity index is 2.13. The van der Waals surface area contributed by atoms with E-state index in [0.717, 1.165) is 0 Å². The molecule has 2 rings (SSSR count). The van der Waals surface area contributed by atoms with Crippen LogP contribution in [0.4, 0.5) is 11.4 Å². The minimum Gasteiger partial charge on any atom is -0.462 e. The standard InChI is InChI=1S/C18H25N3O5/c1-4-26-18(23)14-5-6-15(16(12-14)21(24)25)19-7-9-20(10-8-19)17(22)11-13(2)3/h5-6,12-13H,4,7-11H2,1-3H3. The summed E-state index contributed by atoms with van der Waals surface area (Å²) in [4.78, 5) is 38.6. The van der Waals surface area contributed by atoms with Gasteiger partial charge in [-0.15, -0.1) is 0 Å². The highest BCUT2D eigenvalue weighted by molar-refractivity contribution is 5.91. The second-order valence-electron chi connectivity index (χ2n) is 6.65. The molecule has 142 valence electrons. The van der Waals surface area contributed by atoms with Crippen molar-refractivity contribution in [2.45, 2.75) is 27.2 Å². The van der Waals surface area contributed by atoms with Crippen molar-refractivity contribution in [1.29, 1.82) is 0 Å². The first-order valence-corrected chi connectivity index (χ1v) is 8.81. The maximum absolute atomic E-state index is 12.2. The maximum atomic E-state index is 12.2. The lowest BCUT2D eigenvalue weighted by molar-refractivity contribution is -0.384. The van der Waals surface area contributed by atoms with Crippen molar-refractivity contribution >= 4 is 23.3 Å². The van der Waals surface area contributed by atoms with Crippen LogP contribution >= 0.6 is 0 Å². The Hall–Kier alpha value is -2.64. The van der Waals surface area contributed by atoms with Gasteiger partial charge in [-0.05, 0) is 25.0 Å². The van der Waals surface area contributed by atoms with E-state index in [1.165, 1.54) is 12.1 Å². The Morgan fingerprint density at radius 1 is 1.23 bits per heavy atom. The van der Waals surface area contributed by atoms with Gasteiger partial charge in [-0.25, -0.2) is 4.79 Å². The highest BCUT2D eigenvalue weighted by Crippen LogP contribution is 2.30. The van der Waals surface area contributed by atoms with E-state index in [4.69, 9.17) is 4.74 Å². The number of rotatable bonds is 6. The van der Waals surface area contributed by atoms with Gasteiger partial charge in [-0.3, -0.25) is 14.9 Å². The second kappa shape index (κ2) is 8.64. The first-order chi connectivity index (χ1) is 12.3. The van der Waals surface area contributed by atoms with E-state index in [9.17, 15) is 19.7 Å². The molecule has 0 unspecified atom stereocenters. The fourth-order valence-corrected chi connectivity index (χ4v) is 2.95. The summed E-state index contributed by atoms with van der Waals surface area (Å²) in [5.41, 5.74) is 0.490. The Bertz CT molecular complexity index is 681. The van der Waals surface area contributed by atoms with Crippen LogP contribution in [0.1, 0.15) is 37.6 Å². The predicted molar refractivity (Wildman–Crippen MR) is 97.3 cm³/mol. The van der Waals surface area contributed by atoms with Gasteiger partial charge in [-0.2, -0.15) is 0 Å². The number of piperazine rings is 1. The molecule has 26 heavy (non-hydrogen) atoms. The summed E-state index contributed by atoms with van der Waals surface area (Å²) in [6.45, 7) is 7.99. The average molecular weight is 363 g/mol. The summed E-state index contributed by atoms with van der Waals surface area (Å²) in [5.74, 6) is -0.157. The molecule has 1 aromatic rings. The van der Waals surface area contributed by atoms with Gasteiger partial charge in [0.05, 0.1) is 17.1 Å². The lowest BCUT2D eigenvalue weighted by Gasteiger charge is -2.36. The van der Waals surface area contributed by atoms with Crippen LogP contribution in [0.15, 0.2) is 18.2 Å². The number of benzene rings is 1. The van der Waals surface area contributed by atoms with Crippen LogP contribution in [0, 0.1) is 16.0 Å². The Kier molecular flexibility index (Phi) is 6.54. The zero-order chi connectivity index (χ0) is 19.3. The SMILES string of the molecule is CCOC(=O)c1ccc(N2CCN(C(=O)CC(C)C)CC2)c([N+](=O)[O-])c1. The molecule has 1 aromatic carbocycles. The Morgan fingerprint density at radius 3 is 2.42 bits per heavy atom. The molecule has 0 spiro atoms. The third kappa shape index (κ3) is 4.71. The van der Waals surface area contributed by atoms with Crippen LogP contribution in [-0.4, -0.2) is 54.5 Å². The fourth-order valence-electron chi connectivity index (χ4n) is 2.95. The smallest absolute Gasteiger partial charge is 0.338 e. The van der Waals surface area contributed by atoms with Crippen molar-refractivity contribution in [1.82, 2.24) is 4.90 Å². The summed E-state index contributed by atoms with van der Waals surface area (Å²) in [6, 6.07) is 4.37. The van der Waals surface area contributed by atoms with E-state index in [1.807, 2.05) is 18.7 Å². The molecule has 0 aliphatic carbocycles. The second-order valence-corrected chi connectivity index (χ2v) is 6.65. The molecule has 0 bridgehead atoms. The van der Waals surface area contributed by atoms with Gasteiger partial charge in [-0.1, -0.05) is 13.8 Å². The summed E-state index contributed by atoms with van der Waals surface area (Å²) in [6.07, 6.45) is 0.508. The van der Waals surface area contributed by atoms with E-state index in [2.05, 4.69) is 0 Å². The fraction of sp³-hybridized carbons (Fsp3) is 0.556. The highest BCUT2D eigenvalue weighted by atomic mass is 16.6. The monoisotopic (exact) mass is 363 g/mol. The number of nitro groups is 1. The van der Waals surface area contributed by atoms with Gasteiger partial charge in [0.15, 0.2) is 0 Å². The van der Waals surface area contributed by atoms with Gasteiger partial charge in [0, 0.05) is 38.7 Å². The molecule has 8 heteroatoms. The lowest BCUT2D eigenvalue weighted by atomic mass is 10.1. The van der Waals surface area contributed by atoms with Crippen molar-refractivity contribution in [2.75, 3.05) is 37.7 Å². The molecule has 0 N–H and O–H groups in total. The van der Waals surface area contributed by atoms with Crippen molar-refractivity contribution < 1.29 is 19.2 Å². The third-order valence-electron chi connectivity index (χ3n) is 4.24. The topological polar surface area (TPSA) is 93.0 Å². The van der Waals surface area contributed by atoms with Crippen LogP contribution < -0.4 is 4.90 Å². The van der Waals surface area contributed by atoms with E-state index in [-0.39, 0.29) is 23.8 Å². The van der Waals surface area contributed by atoms with Crippen molar-refractivity contribution in [3.63, 3.8) is 0 Å². The molecule has 1 saturated heterocycles. The number of carbonyl (C=O) groups excluding carboxylic acids is 2. The number of ether oxygens (including phenoxy) is 1. The van der Waals surface area contributed by atoms with E-state index in [1.54, 1.807) is 17.9 Å². The molecule has 0 radical (unpaired) electrons. The van der Waals surface area contributed by atoms with Crippen molar-refractivity contribution in [2.24, 2.45) is 5.92 Å². The lowest BCUT2D eigenvalue weighted by Crippen LogP contribution is -2.49. The Morgan fingerprint density at radius 2 is 1.88 bits per heavy atom. The summed E-state index contributed by atoms with van der Waals surface area (Å²) < 4.78 is 4.90. The minimum atomic E-state index is -0.578. The molecule has 1 heterocycles. The molecular weight excluding hydrogens is 338 g/mol. The zero-order valence-electron chi connectivity index (χ0n) is 15.4. The van der Waals surface area contributed by atoms with Crippen molar-refractivity contribution in [3.05, 3.63) is 33.9 Å². The van der Waals surface area contributed by atoms with Crippen LogP contribution in [0.5, 0.6) is 0 Å². The number of nitro benzene ring substituents is 1. The third-order valence-corrected chi connectivity index (χ3v) is 4.24. The number of hydrogen-bond donors (Lipinski definition) is 0. The molecule has 1 fully saturated rings. The molecular formula is C18H25N3O5. The van der Waals surface area contributed by atoms with E-state index in [0.29, 0.717) is 44.2 Å². The van der Waals surface area contributed by atoms with Crippen molar-refractivity contribution in [3.8, 4) is 0 Å². The van der Waals surface area contributed by atoms with Gasteiger partial charge in [0.2, 0.25) is 5.91 Å². The first-order valence-electron chi connectivity index (χ1n) is 8.81. The molecule has 1 amide bonds. The Labute approximate surface area is 152 Å². The summed E-state index contributed by atoms with van der Waals surface area (Å²) in [7, 11) is 0. The molecule has 1 aliphatic heterocycles. The quantitative estimate of drug-likeness (QED) is 0.438. The zero-order valence-corrected chi connectivity index (χ0v) is 15.4. The van der Waals surface area contributed by atoms with Crippen LogP contribution in [0.2, 0.25) is 0 Å². The predicted octanol–water partition coefficient (Wildman–Crippen LogP) is 2.47. The normalized spacial score (nSPS) is 14.5. The van der Waals surface area contributed by atoms with Crippen LogP contribution in [0.3, 0.4) is 0 Å². The number of carbonyl (C=O) groups is 2. The van der Waals surface area contributed by atoms with Gasteiger partial charge in [0.25, 0.3) is 5.69 Å². The highest BCUT2D eigenvalue weighted by Gasteiger charge is 2.27. The molecule has 0 atom stereocenters. The van der Waals surface area contributed by atoms with E-state index >= 15 is 0 Å². The summed E-state index contributed by atoms with van der Waals surface area (Å²) >= 11 is 0. The molecule has 0 aromatic heterocycles. The molecule has 0 saturated carbocycles. The van der Waals surface area contributed by atoms with Gasteiger partial charge in [0.1, 0.15) is 5.69 Å². The summed E-state index contributed by atoms with van der Waals surface area (Å²) in [5, 5.41) is 11.5. The van der Waals surface area contributed by atoms with Gasteiger partial charge >= 0.3 is 5.97 Å². The number of hydrogen-bond acceptors (Lipinski definition) is 6. The maximum Gasteiger partial charge on any atom is 0.338 e. The van der Waals surface area contributed by atoms with Crippen LogP contribution in [0.25, 0.3) is 0 Å². The molecule has 8 nitrogen and oxygen atoms in total. The minimum absolute atomic E-state index is 0.117. The average Bonchev–Trinajstić information content (AvgIpc) is 2.61. The molecule has 1 aliphatic rings.